The van der Waals surface area contributed by atoms with Crippen molar-refractivity contribution in [2.45, 2.75) is 58.3 Å². The second-order valence-corrected chi connectivity index (χ2v) is 7.64. The van der Waals surface area contributed by atoms with Gasteiger partial charge in [0.05, 0.1) is 14.2 Å². The Labute approximate surface area is 139 Å². The minimum atomic E-state index is 0.215. The predicted octanol–water partition coefficient (Wildman–Crippen LogP) is 5.59. The van der Waals surface area contributed by atoms with E-state index in [-0.39, 0.29) is 5.41 Å². The summed E-state index contributed by atoms with van der Waals surface area (Å²) in [5.41, 5.74) is 4.45. The van der Waals surface area contributed by atoms with E-state index in [9.17, 15) is 0 Å². The van der Waals surface area contributed by atoms with Crippen LogP contribution in [0.25, 0.3) is 10.8 Å². The zero-order chi connectivity index (χ0) is 16.8. The molecule has 2 heteroatoms. The molecule has 23 heavy (non-hydrogen) atoms. The summed E-state index contributed by atoms with van der Waals surface area (Å²) < 4.78 is 11.4. The van der Waals surface area contributed by atoms with Crippen molar-refractivity contribution in [3.63, 3.8) is 0 Å². The van der Waals surface area contributed by atoms with Gasteiger partial charge in [-0.05, 0) is 70.9 Å². The van der Waals surface area contributed by atoms with Gasteiger partial charge in [0.15, 0.2) is 0 Å². The van der Waals surface area contributed by atoms with E-state index in [0.717, 1.165) is 17.9 Å². The molecule has 1 aliphatic rings. The average Bonchev–Trinajstić information content (AvgIpc) is 2.52. The van der Waals surface area contributed by atoms with E-state index < -0.39 is 0 Å². The van der Waals surface area contributed by atoms with Crippen molar-refractivity contribution in [1.29, 1.82) is 0 Å². The van der Waals surface area contributed by atoms with E-state index in [4.69, 9.17) is 9.47 Å². The Hall–Kier alpha value is -1.70. The summed E-state index contributed by atoms with van der Waals surface area (Å²) in [5, 5.41) is 2.52. The number of ether oxygens (including phenoxy) is 2. The Bertz CT molecular complexity index is 741. The minimum absolute atomic E-state index is 0.215. The Morgan fingerprint density at radius 1 is 0.957 bits per heavy atom. The molecule has 0 aromatic heterocycles. The number of methoxy groups -OCH3 is 2. The van der Waals surface area contributed by atoms with Crippen molar-refractivity contribution in [3.8, 4) is 11.5 Å². The molecule has 0 atom stereocenters. The molecule has 3 rings (SSSR count). The molecule has 0 saturated heterocycles. The first-order valence-electron chi connectivity index (χ1n) is 8.61. The van der Waals surface area contributed by atoms with Crippen LogP contribution >= 0.6 is 0 Å². The van der Waals surface area contributed by atoms with Gasteiger partial charge in [0.25, 0.3) is 0 Å². The predicted molar refractivity (Wildman–Crippen MR) is 97.1 cm³/mol. The van der Waals surface area contributed by atoms with E-state index in [1.165, 1.54) is 40.3 Å². The second-order valence-electron chi connectivity index (χ2n) is 7.64. The lowest BCUT2D eigenvalue weighted by atomic mass is 9.71. The summed E-state index contributed by atoms with van der Waals surface area (Å²) in [6, 6.07) is 6.75. The van der Waals surface area contributed by atoms with Gasteiger partial charge in [-0.3, -0.25) is 0 Å². The molecule has 2 aromatic rings. The van der Waals surface area contributed by atoms with Gasteiger partial charge in [-0.25, -0.2) is 0 Å². The van der Waals surface area contributed by atoms with Crippen LogP contribution in [0.3, 0.4) is 0 Å². The maximum atomic E-state index is 5.73. The third kappa shape index (κ3) is 2.58. The molecule has 1 aliphatic carbocycles. The van der Waals surface area contributed by atoms with Gasteiger partial charge < -0.3 is 9.47 Å². The van der Waals surface area contributed by atoms with Gasteiger partial charge in [-0.1, -0.05) is 27.7 Å². The Morgan fingerprint density at radius 3 is 2.26 bits per heavy atom. The second kappa shape index (κ2) is 5.74. The molecule has 2 aromatic carbocycles. The lowest BCUT2D eigenvalue weighted by Crippen LogP contribution is -2.24. The van der Waals surface area contributed by atoms with Crippen molar-refractivity contribution >= 4 is 10.8 Å². The van der Waals surface area contributed by atoms with Crippen LogP contribution in [0.1, 0.15) is 63.1 Å². The molecule has 0 saturated carbocycles. The minimum Gasteiger partial charge on any atom is -0.496 e. The first-order valence-corrected chi connectivity index (χ1v) is 8.61. The Morgan fingerprint density at radius 2 is 1.65 bits per heavy atom. The molecule has 0 amide bonds. The van der Waals surface area contributed by atoms with E-state index in [1.807, 2.05) is 0 Å². The van der Waals surface area contributed by atoms with Crippen molar-refractivity contribution < 1.29 is 9.47 Å². The molecule has 0 spiro atoms. The molecule has 0 heterocycles. The van der Waals surface area contributed by atoms with Crippen molar-refractivity contribution in [1.82, 2.24) is 0 Å². The maximum absolute atomic E-state index is 5.73. The number of hydrogen-bond donors (Lipinski definition) is 0. The number of aryl methyl sites for hydroxylation is 1. The highest BCUT2D eigenvalue weighted by molar-refractivity contribution is 5.94. The first-order chi connectivity index (χ1) is 10.9. The van der Waals surface area contributed by atoms with Gasteiger partial charge in [-0.15, -0.1) is 0 Å². The van der Waals surface area contributed by atoms with E-state index in [1.54, 1.807) is 14.2 Å². The molecule has 0 unspecified atom stereocenters. The first kappa shape index (κ1) is 16.2. The molecule has 0 aliphatic heterocycles. The summed E-state index contributed by atoms with van der Waals surface area (Å²) in [7, 11) is 3.51. The van der Waals surface area contributed by atoms with Gasteiger partial charge in [0.2, 0.25) is 0 Å². The molecule has 0 bridgehead atoms. The number of hydrogen-bond acceptors (Lipinski definition) is 2. The highest BCUT2D eigenvalue weighted by Crippen LogP contribution is 2.45. The van der Waals surface area contributed by atoms with E-state index in [2.05, 4.69) is 45.9 Å². The fourth-order valence-corrected chi connectivity index (χ4v) is 4.00. The van der Waals surface area contributed by atoms with E-state index in [0.29, 0.717) is 5.92 Å². The molecule has 124 valence electrons. The van der Waals surface area contributed by atoms with Crippen molar-refractivity contribution in [2.24, 2.45) is 0 Å². The Balaban J connectivity index is 2.40. The summed E-state index contributed by atoms with van der Waals surface area (Å²) in [5.74, 6) is 2.36. The SMILES string of the molecule is COc1cc2c(OC)cc3c(c2cc1C(C)C)CCCC3(C)C. The smallest absolute Gasteiger partial charge is 0.127 e. The summed E-state index contributed by atoms with van der Waals surface area (Å²) in [4.78, 5) is 0. The highest BCUT2D eigenvalue weighted by atomic mass is 16.5. The topological polar surface area (TPSA) is 18.5 Å². The zero-order valence-corrected chi connectivity index (χ0v) is 15.2. The van der Waals surface area contributed by atoms with Gasteiger partial charge >= 0.3 is 0 Å². The quantitative estimate of drug-likeness (QED) is 0.735. The molecule has 0 N–H and O–H groups in total. The van der Waals surface area contributed by atoms with Gasteiger partial charge in [0, 0.05) is 5.39 Å². The van der Waals surface area contributed by atoms with Gasteiger partial charge in [-0.2, -0.15) is 0 Å². The highest BCUT2D eigenvalue weighted by Gasteiger charge is 2.30. The molecule has 0 fully saturated rings. The molecular weight excluding hydrogens is 284 g/mol. The third-order valence-corrected chi connectivity index (χ3v) is 5.36. The van der Waals surface area contributed by atoms with Crippen LogP contribution < -0.4 is 9.47 Å². The lowest BCUT2D eigenvalue weighted by Gasteiger charge is -2.34. The van der Waals surface area contributed by atoms with Crippen LogP contribution in [0.4, 0.5) is 0 Å². The largest absolute Gasteiger partial charge is 0.496 e. The van der Waals surface area contributed by atoms with Crippen molar-refractivity contribution in [2.75, 3.05) is 14.2 Å². The fourth-order valence-electron chi connectivity index (χ4n) is 4.00. The Kier molecular flexibility index (Phi) is 4.03. The number of fused-ring (bicyclic) bond motifs is 3. The maximum Gasteiger partial charge on any atom is 0.127 e. The average molecular weight is 312 g/mol. The van der Waals surface area contributed by atoms with Crippen LogP contribution in [0, 0.1) is 0 Å². The fraction of sp³-hybridized carbons (Fsp3) is 0.524. The van der Waals surface area contributed by atoms with Crippen LogP contribution in [-0.4, -0.2) is 14.2 Å². The van der Waals surface area contributed by atoms with Crippen LogP contribution in [0.2, 0.25) is 0 Å². The summed E-state index contributed by atoms with van der Waals surface area (Å²) in [6.07, 6.45) is 3.65. The normalized spacial score (nSPS) is 16.5. The summed E-state index contributed by atoms with van der Waals surface area (Å²) in [6.45, 7) is 9.15. The number of rotatable bonds is 3. The standard InChI is InChI=1S/C21H28O2/c1-13(2)15-10-16-14-8-7-9-21(3,4)18(14)12-20(23-6)17(16)11-19(15)22-5/h10-13H,7-9H2,1-6H3. The lowest BCUT2D eigenvalue weighted by molar-refractivity contribution is 0.402. The number of benzene rings is 2. The third-order valence-electron chi connectivity index (χ3n) is 5.36. The zero-order valence-electron chi connectivity index (χ0n) is 15.2. The molecule has 2 nitrogen and oxygen atoms in total. The van der Waals surface area contributed by atoms with Gasteiger partial charge in [0.1, 0.15) is 11.5 Å². The van der Waals surface area contributed by atoms with Crippen molar-refractivity contribution in [3.05, 3.63) is 34.9 Å². The molecule has 0 radical (unpaired) electrons. The monoisotopic (exact) mass is 312 g/mol. The van der Waals surface area contributed by atoms with Crippen LogP contribution in [0.5, 0.6) is 11.5 Å². The van der Waals surface area contributed by atoms with E-state index >= 15 is 0 Å². The van der Waals surface area contributed by atoms with Crippen LogP contribution in [0.15, 0.2) is 18.2 Å². The molecular formula is C21H28O2. The summed E-state index contributed by atoms with van der Waals surface area (Å²) >= 11 is 0. The van der Waals surface area contributed by atoms with Crippen LogP contribution in [-0.2, 0) is 11.8 Å².